The predicted molar refractivity (Wildman–Crippen MR) is 126 cm³/mol. The molecule has 0 saturated carbocycles. The van der Waals surface area contributed by atoms with Gasteiger partial charge in [0, 0.05) is 28.3 Å². The van der Waals surface area contributed by atoms with E-state index in [-0.39, 0.29) is 76.4 Å². The van der Waals surface area contributed by atoms with Gasteiger partial charge in [0.05, 0.1) is 36.7 Å². The number of carbonyl (C=O) groups is 4. The molecule has 0 radical (unpaired) electrons. The zero-order valence-corrected chi connectivity index (χ0v) is 23.5. The number of rotatable bonds is 8. The summed E-state index contributed by atoms with van der Waals surface area (Å²) in [5.74, 6) is -3.18. The number of β-lactam (4-membered cyclic amide) rings is 1. The monoisotopic (exact) mass is 525 g/mol. The summed E-state index contributed by atoms with van der Waals surface area (Å²) < 4.78 is 5.23. The van der Waals surface area contributed by atoms with Crippen LogP contribution in [0.1, 0.15) is 37.6 Å². The molecule has 3 aliphatic rings. The molecule has 2 amide bonds. The number of thioether (sulfide) groups is 1. The van der Waals surface area contributed by atoms with Gasteiger partial charge >= 0.3 is 35.5 Å². The number of amides is 2. The third kappa shape index (κ3) is 5.36. The van der Waals surface area contributed by atoms with Gasteiger partial charge in [-0.25, -0.2) is 4.79 Å². The standard InChI is InChI=1S/C24H29N3O7S.Na/c1-4-34-24(33)19-20(11(2)18-17(12(3)28)22(30)27(18)19)35-15-9-16(25-10-15)21(29)26-14-7-5-6-13(8-14)23(31)32;/h5-8,11-12,15-18,25,28H,4,9-10H2,1-3H3,(H,26,29)(H,31,32);/q;+1/p-1/t11-,12-,15+,16+,17-,18-;/m1./s1. The number of hydrogen-bond donors (Lipinski definition) is 3. The van der Waals surface area contributed by atoms with Crippen LogP contribution in [0.4, 0.5) is 5.69 Å². The second-order valence-corrected chi connectivity index (χ2v) is 10.3. The van der Waals surface area contributed by atoms with E-state index >= 15 is 0 Å². The Labute approximate surface area is 235 Å². The molecule has 36 heavy (non-hydrogen) atoms. The van der Waals surface area contributed by atoms with Crippen molar-refractivity contribution in [3.8, 4) is 0 Å². The topological polar surface area (TPSA) is 148 Å². The van der Waals surface area contributed by atoms with Gasteiger partial charge in [0.15, 0.2) is 0 Å². The maximum Gasteiger partial charge on any atom is 1.00 e. The molecule has 2 saturated heterocycles. The Hall–Kier alpha value is -1.89. The van der Waals surface area contributed by atoms with Crippen LogP contribution in [0.2, 0.25) is 0 Å². The summed E-state index contributed by atoms with van der Waals surface area (Å²) in [6.45, 7) is 5.89. The quantitative estimate of drug-likeness (QED) is 0.185. The molecule has 0 unspecified atom stereocenters. The van der Waals surface area contributed by atoms with Gasteiger partial charge in [-0.1, -0.05) is 19.1 Å². The van der Waals surface area contributed by atoms with Crippen LogP contribution in [0.3, 0.4) is 0 Å². The number of ether oxygens (including phenoxy) is 1. The van der Waals surface area contributed by atoms with E-state index in [2.05, 4.69) is 10.6 Å². The number of hydrogen-bond acceptors (Lipinski definition) is 9. The molecular formula is C24H28N3NaO7S. The minimum Gasteiger partial charge on any atom is -0.545 e. The number of carboxylic acids is 1. The van der Waals surface area contributed by atoms with Crippen molar-refractivity contribution in [3.63, 3.8) is 0 Å². The van der Waals surface area contributed by atoms with Gasteiger partial charge in [-0.15, -0.1) is 11.8 Å². The maximum atomic E-state index is 12.8. The maximum absolute atomic E-state index is 12.8. The second kappa shape index (κ2) is 11.7. The minimum absolute atomic E-state index is 0. The van der Waals surface area contributed by atoms with Gasteiger partial charge in [-0.3, -0.25) is 9.59 Å². The minimum atomic E-state index is -1.33. The van der Waals surface area contributed by atoms with Crippen molar-refractivity contribution in [3.05, 3.63) is 40.4 Å². The molecule has 6 atom stereocenters. The van der Waals surface area contributed by atoms with E-state index in [0.717, 1.165) is 4.91 Å². The number of aliphatic hydroxyl groups is 1. The number of aliphatic hydroxyl groups excluding tert-OH is 1. The molecule has 0 aliphatic carbocycles. The van der Waals surface area contributed by atoms with E-state index in [1.54, 1.807) is 19.9 Å². The van der Waals surface area contributed by atoms with E-state index in [9.17, 15) is 29.4 Å². The number of aromatic carboxylic acids is 1. The molecular weight excluding hydrogens is 497 g/mol. The number of nitrogens with one attached hydrogen (secondary N) is 2. The second-order valence-electron chi connectivity index (χ2n) is 8.98. The van der Waals surface area contributed by atoms with Crippen molar-refractivity contribution in [1.82, 2.24) is 10.2 Å². The smallest absolute Gasteiger partial charge is 0.545 e. The number of benzene rings is 1. The Balaban J connectivity index is 0.00000361. The first kappa shape index (κ1) is 28.7. The van der Waals surface area contributed by atoms with Gasteiger partial charge in [0.1, 0.15) is 5.70 Å². The Kier molecular flexibility index (Phi) is 9.29. The Bertz CT molecular complexity index is 1100. The van der Waals surface area contributed by atoms with Crippen LogP contribution in [0.5, 0.6) is 0 Å². The van der Waals surface area contributed by atoms with Crippen LogP contribution in [-0.4, -0.2) is 70.3 Å². The molecule has 3 aliphatic heterocycles. The normalized spacial score (nSPS) is 27.6. The van der Waals surface area contributed by atoms with Crippen LogP contribution in [0, 0.1) is 11.8 Å². The van der Waals surface area contributed by atoms with Gasteiger partial charge in [0.25, 0.3) is 0 Å². The summed E-state index contributed by atoms with van der Waals surface area (Å²) in [6.07, 6.45) is -0.350. The molecule has 1 aromatic rings. The van der Waals surface area contributed by atoms with Crippen molar-refractivity contribution in [2.24, 2.45) is 11.8 Å². The van der Waals surface area contributed by atoms with Gasteiger partial charge in [-0.2, -0.15) is 0 Å². The fraction of sp³-hybridized carbons (Fsp3) is 0.500. The van der Waals surface area contributed by atoms with Crippen LogP contribution in [-0.2, 0) is 19.1 Å². The molecule has 2 fully saturated rings. The summed E-state index contributed by atoms with van der Waals surface area (Å²) in [5.41, 5.74) is 0.570. The van der Waals surface area contributed by atoms with Gasteiger partial charge in [-0.05, 0) is 38.0 Å². The number of carbonyl (C=O) groups excluding carboxylic acids is 4. The Morgan fingerprint density at radius 1 is 1.36 bits per heavy atom. The molecule has 0 spiro atoms. The zero-order chi connectivity index (χ0) is 25.4. The van der Waals surface area contributed by atoms with Crippen LogP contribution >= 0.6 is 11.8 Å². The molecule has 3 N–H and O–H groups in total. The summed E-state index contributed by atoms with van der Waals surface area (Å²) in [7, 11) is 0. The van der Waals surface area contributed by atoms with E-state index < -0.39 is 30.0 Å². The fourth-order valence-corrected chi connectivity index (χ4v) is 6.47. The third-order valence-corrected chi connectivity index (χ3v) is 8.16. The number of nitrogens with zero attached hydrogens (tertiary/aromatic N) is 1. The van der Waals surface area contributed by atoms with Crippen LogP contribution in [0.15, 0.2) is 34.9 Å². The van der Waals surface area contributed by atoms with Crippen molar-refractivity contribution in [1.29, 1.82) is 0 Å². The van der Waals surface area contributed by atoms with E-state index in [0.29, 0.717) is 18.7 Å². The number of anilines is 1. The molecule has 0 bridgehead atoms. The van der Waals surface area contributed by atoms with E-state index in [1.165, 1.54) is 34.9 Å². The van der Waals surface area contributed by atoms with Crippen molar-refractivity contribution in [2.45, 2.75) is 50.6 Å². The number of fused-ring (bicyclic) bond motifs is 1. The third-order valence-electron chi connectivity index (χ3n) is 6.64. The summed E-state index contributed by atoms with van der Waals surface area (Å²) in [6, 6.07) is 5.05. The molecule has 12 heteroatoms. The SMILES string of the molecule is CCOC(=O)C1=C(S[C@@H]2CN[C@H](C(=O)Nc3cccc(C(=O)[O-])c3)C2)[C@H](C)[C@@H]2[C@@H]([C@@H](C)O)C(=O)N12.[Na+]. The van der Waals surface area contributed by atoms with Crippen LogP contribution < -0.4 is 45.3 Å². The first-order valence-electron chi connectivity index (χ1n) is 11.6. The summed E-state index contributed by atoms with van der Waals surface area (Å²) in [4.78, 5) is 51.5. The largest absolute Gasteiger partial charge is 1.00 e. The summed E-state index contributed by atoms with van der Waals surface area (Å²) >= 11 is 1.46. The Morgan fingerprint density at radius 3 is 2.72 bits per heavy atom. The molecule has 188 valence electrons. The fourth-order valence-electron chi connectivity index (χ4n) is 4.99. The average Bonchev–Trinajstić information content (AvgIpc) is 3.36. The van der Waals surface area contributed by atoms with Crippen molar-refractivity contribution < 1.29 is 63.7 Å². The van der Waals surface area contributed by atoms with E-state index in [1.807, 2.05) is 6.92 Å². The summed E-state index contributed by atoms with van der Waals surface area (Å²) in [5, 5.41) is 27.0. The van der Waals surface area contributed by atoms with Crippen LogP contribution in [0.25, 0.3) is 0 Å². The van der Waals surface area contributed by atoms with Crippen molar-refractivity contribution in [2.75, 3.05) is 18.5 Å². The Morgan fingerprint density at radius 2 is 2.08 bits per heavy atom. The van der Waals surface area contributed by atoms with Crippen molar-refractivity contribution >= 4 is 41.2 Å². The first-order chi connectivity index (χ1) is 16.6. The molecule has 1 aromatic carbocycles. The number of carboxylic acid groups (broad SMARTS) is 1. The van der Waals surface area contributed by atoms with E-state index in [4.69, 9.17) is 4.74 Å². The molecule has 4 rings (SSSR count). The van der Waals surface area contributed by atoms with Gasteiger partial charge < -0.3 is 35.3 Å². The average molecular weight is 526 g/mol. The molecule has 0 aromatic heterocycles. The zero-order valence-electron chi connectivity index (χ0n) is 20.6. The molecule has 10 nitrogen and oxygen atoms in total. The van der Waals surface area contributed by atoms with Gasteiger partial charge in [0.2, 0.25) is 11.8 Å². The number of esters is 1. The predicted octanol–water partition coefficient (Wildman–Crippen LogP) is -2.91. The molecule has 3 heterocycles. The first-order valence-corrected chi connectivity index (χ1v) is 12.5.